The summed E-state index contributed by atoms with van der Waals surface area (Å²) in [7, 11) is 0. The Morgan fingerprint density at radius 3 is 2.44 bits per heavy atom. The lowest BCUT2D eigenvalue weighted by Gasteiger charge is -2.26. The summed E-state index contributed by atoms with van der Waals surface area (Å²) < 4.78 is 5.58. The molecular weight excluding hydrogens is 428 g/mol. The van der Waals surface area contributed by atoms with Gasteiger partial charge in [0.2, 0.25) is 11.8 Å². The van der Waals surface area contributed by atoms with Crippen molar-refractivity contribution in [2.45, 2.75) is 52.7 Å². The van der Waals surface area contributed by atoms with Crippen LogP contribution in [-0.2, 0) is 25.7 Å². The third-order valence-electron chi connectivity index (χ3n) is 6.19. The number of pyridine rings is 1. The van der Waals surface area contributed by atoms with Crippen LogP contribution in [0.1, 0.15) is 44.2 Å². The molecule has 0 N–H and O–H groups in total. The summed E-state index contributed by atoms with van der Waals surface area (Å²) in [6, 6.07) is 6.77. The van der Waals surface area contributed by atoms with Crippen LogP contribution in [0.15, 0.2) is 36.4 Å². The molecule has 1 aromatic heterocycles. The number of imide groups is 1. The van der Waals surface area contributed by atoms with Gasteiger partial charge in [0.25, 0.3) is 0 Å². The zero-order valence-corrected chi connectivity index (χ0v) is 19.3. The summed E-state index contributed by atoms with van der Waals surface area (Å²) in [5, 5.41) is 1.16. The molecule has 1 aliphatic heterocycles. The number of carbonyl (C=O) groups is 3. The molecule has 0 bridgehead atoms. The lowest BCUT2D eigenvalue weighted by Crippen LogP contribution is -2.47. The summed E-state index contributed by atoms with van der Waals surface area (Å²) in [5.74, 6) is -1.79. The Bertz CT molecular complexity index is 1080. The van der Waals surface area contributed by atoms with E-state index in [0.717, 1.165) is 21.4 Å². The van der Waals surface area contributed by atoms with E-state index in [2.05, 4.69) is 4.98 Å². The number of halogens is 1. The van der Waals surface area contributed by atoms with E-state index in [4.69, 9.17) is 16.3 Å². The highest BCUT2D eigenvalue weighted by atomic mass is 35.5. The van der Waals surface area contributed by atoms with Crippen molar-refractivity contribution >= 4 is 40.3 Å². The molecule has 3 unspecified atom stereocenters. The molecule has 0 spiro atoms. The molecule has 0 radical (unpaired) electrons. The highest BCUT2D eigenvalue weighted by molar-refractivity contribution is 6.30. The molecule has 1 fully saturated rings. The van der Waals surface area contributed by atoms with E-state index in [9.17, 15) is 14.4 Å². The second-order valence-electron chi connectivity index (χ2n) is 9.09. The van der Waals surface area contributed by atoms with E-state index in [-0.39, 0.29) is 41.3 Å². The maximum atomic E-state index is 13.1. The number of benzene rings is 1. The number of aryl methyl sites for hydroxylation is 1. The number of esters is 1. The molecule has 1 aromatic carbocycles. The Hall–Kier alpha value is -2.73. The van der Waals surface area contributed by atoms with E-state index in [1.54, 1.807) is 0 Å². The van der Waals surface area contributed by atoms with Crippen LogP contribution < -0.4 is 0 Å². The van der Waals surface area contributed by atoms with Crippen molar-refractivity contribution in [1.82, 2.24) is 9.88 Å². The molecule has 2 heterocycles. The number of nitrogens with zero attached hydrogens (tertiary/aromatic N) is 2. The van der Waals surface area contributed by atoms with Gasteiger partial charge in [-0.15, -0.1) is 0 Å². The van der Waals surface area contributed by atoms with E-state index in [1.165, 1.54) is 0 Å². The van der Waals surface area contributed by atoms with Crippen LogP contribution in [0.4, 0.5) is 0 Å². The molecule has 3 atom stereocenters. The van der Waals surface area contributed by atoms with E-state index in [0.29, 0.717) is 24.8 Å². The first kappa shape index (κ1) is 22.5. The quantitative estimate of drug-likeness (QED) is 0.276. The van der Waals surface area contributed by atoms with Crippen molar-refractivity contribution in [3.63, 3.8) is 0 Å². The molecule has 2 amide bonds. The first-order valence-corrected chi connectivity index (χ1v) is 11.4. The summed E-state index contributed by atoms with van der Waals surface area (Å²) in [4.78, 5) is 44.7. The van der Waals surface area contributed by atoms with Gasteiger partial charge in [-0.2, -0.15) is 0 Å². The van der Waals surface area contributed by atoms with Crippen molar-refractivity contribution in [3.05, 3.63) is 52.7 Å². The third kappa shape index (κ3) is 4.29. The molecule has 2 aliphatic rings. The first-order chi connectivity index (χ1) is 15.3. The van der Waals surface area contributed by atoms with E-state index < -0.39 is 12.0 Å². The van der Waals surface area contributed by atoms with Gasteiger partial charge in [-0.1, -0.05) is 49.7 Å². The molecule has 1 saturated heterocycles. The number of ether oxygens (including phenoxy) is 1. The summed E-state index contributed by atoms with van der Waals surface area (Å²) in [6.07, 6.45) is 5.29. The molecule has 1 aliphatic carbocycles. The van der Waals surface area contributed by atoms with Gasteiger partial charge in [0, 0.05) is 10.9 Å². The SMILES string of the molecule is Cc1ccc2cc(COC(=O)C(CC(C)C)N3C(=O)C4CC=CCC4C3=O)c(Cl)nc2c1. The zero-order valence-electron chi connectivity index (χ0n) is 18.5. The summed E-state index contributed by atoms with van der Waals surface area (Å²) >= 11 is 6.33. The Balaban J connectivity index is 1.54. The number of rotatable bonds is 6. The van der Waals surface area contributed by atoms with Gasteiger partial charge in [-0.25, -0.2) is 9.78 Å². The number of likely N-dealkylation sites (tertiary alicyclic amines) is 1. The Labute approximate surface area is 192 Å². The normalized spacial score (nSPS) is 21.3. The van der Waals surface area contributed by atoms with Crippen molar-refractivity contribution in [2.75, 3.05) is 0 Å². The van der Waals surface area contributed by atoms with Crippen molar-refractivity contribution in [2.24, 2.45) is 17.8 Å². The zero-order chi connectivity index (χ0) is 23.0. The van der Waals surface area contributed by atoms with Crippen LogP contribution in [0.25, 0.3) is 10.9 Å². The highest BCUT2D eigenvalue weighted by Crippen LogP contribution is 2.37. The topological polar surface area (TPSA) is 76.6 Å². The molecule has 2 aromatic rings. The summed E-state index contributed by atoms with van der Waals surface area (Å²) in [5.41, 5.74) is 2.43. The average molecular weight is 455 g/mol. The van der Waals surface area contributed by atoms with Gasteiger partial charge in [0.15, 0.2) is 0 Å². The number of allylic oxidation sites excluding steroid dienone is 2. The minimum atomic E-state index is -0.935. The highest BCUT2D eigenvalue weighted by Gasteiger charge is 2.51. The maximum absolute atomic E-state index is 13.1. The number of aromatic nitrogens is 1. The molecule has 168 valence electrons. The van der Waals surface area contributed by atoms with Gasteiger partial charge in [0.1, 0.15) is 17.8 Å². The van der Waals surface area contributed by atoms with Crippen LogP contribution >= 0.6 is 11.6 Å². The van der Waals surface area contributed by atoms with Crippen LogP contribution in [0.2, 0.25) is 5.15 Å². The van der Waals surface area contributed by atoms with Crippen LogP contribution in [0.3, 0.4) is 0 Å². The number of hydrogen-bond acceptors (Lipinski definition) is 5. The average Bonchev–Trinajstić information content (AvgIpc) is 3.00. The number of fused-ring (bicyclic) bond motifs is 2. The molecular formula is C25H27ClN2O4. The Morgan fingerprint density at radius 1 is 1.16 bits per heavy atom. The molecule has 4 rings (SSSR count). The van der Waals surface area contributed by atoms with E-state index in [1.807, 2.05) is 57.2 Å². The van der Waals surface area contributed by atoms with Crippen LogP contribution in [0.5, 0.6) is 0 Å². The fourth-order valence-electron chi connectivity index (χ4n) is 4.53. The van der Waals surface area contributed by atoms with Gasteiger partial charge in [-0.05, 0) is 49.8 Å². The fraction of sp³-hybridized carbons (Fsp3) is 0.440. The molecule has 0 saturated carbocycles. The minimum absolute atomic E-state index is 0.0757. The second-order valence-corrected chi connectivity index (χ2v) is 9.45. The fourth-order valence-corrected chi connectivity index (χ4v) is 4.73. The monoisotopic (exact) mass is 454 g/mol. The maximum Gasteiger partial charge on any atom is 0.329 e. The predicted octanol–water partition coefficient (Wildman–Crippen LogP) is 4.61. The van der Waals surface area contributed by atoms with Crippen molar-refractivity contribution in [3.8, 4) is 0 Å². The standard InChI is InChI=1S/C25H27ClN2O4/c1-14(2)10-21(28-23(29)18-6-4-5-7-19(18)24(28)30)25(31)32-13-17-12-16-9-8-15(3)11-20(16)27-22(17)26/h4-5,8-9,11-12,14,18-19,21H,6-7,10,13H2,1-3H3. The predicted molar refractivity (Wildman–Crippen MR) is 122 cm³/mol. The Kier molecular flexibility index (Phi) is 6.33. The molecule has 6 nitrogen and oxygen atoms in total. The number of hydrogen-bond donors (Lipinski definition) is 0. The third-order valence-corrected chi connectivity index (χ3v) is 6.52. The molecule has 7 heteroatoms. The van der Waals surface area contributed by atoms with Crippen molar-refractivity contribution in [1.29, 1.82) is 0 Å². The lowest BCUT2D eigenvalue weighted by molar-refractivity contribution is -0.160. The van der Waals surface area contributed by atoms with Crippen LogP contribution in [0, 0.1) is 24.7 Å². The van der Waals surface area contributed by atoms with Crippen LogP contribution in [-0.4, -0.2) is 33.7 Å². The number of amides is 2. The Morgan fingerprint density at radius 2 is 1.81 bits per heavy atom. The second kappa shape index (κ2) is 9.02. The summed E-state index contributed by atoms with van der Waals surface area (Å²) in [6.45, 7) is 5.80. The van der Waals surface area contributed by atoms with Gasteiger partial charge in [0.05, 0.1) is 17.4 Å². The largest absolute Gasteiger partial charge is 0.459 e. The molecule has 32 heavy (non-hydrogen) atoms. The smallest absolute Gasteiger partial charge is 0.329 e. The first-order valence-electron chi connectivity index (χ1n) is 11.0. The minimum Gasteiger partial charge on any atom is -0.459 e. The number of carbonyl (C=O) groups excluding carboxylic acids is 3. The van der Waals surface area contributed by atoms with E-state index >= 15 is 0 Å². The lowest BCUT2D eigenvalue weighted by atomic mass is 9.85. The van der Waals surface area contributed by atoms with Gasteiger partial charge in [-0.3, -0.25) is 14.5 Å². The van der Waals surface area contributed by atoms with Gasteiger partial charge >= 0.3 is 5.97 Å². The van der Waals surface area contributed by atoms with Gasteiger partial charge < -0.3 is 4.74 Å². The van der Waals surface area contributed by atoms with Crippen molar-refractivity contribution < 1.29 is 19.1 Å².